The van der Waals surface area contributed by atoms with Crippen LogP contribution in [0, 0.1) is 5.92 Å². The van der Waals surface area contributed by atoms with Crippen molar-refractivity contribution in [1.82, 2.24) is 10.2 Å². The SMILES string of the molecule is CSC1(CNC(=O)N2C3CCC2C(C(=O)O)C3)CCCC1. The Morgan fingerprint density at radius 2 is 2.05 bits per heavy atom. The monoisotopic (exact) mass is 312 g/mol. The lowest BCUT2D eigenvalue weighted by Crippen LogP contribution is -2.48. The van der Waals surface area contributed by atoms with Crippen molar-refractivity contribution >= 4 is 23.8 Å². The molecule has 0 radical (unpaired) electrons. The van der Waals surface area contributed by atoms with Gasteiger partial charge >= 0.3 is 12.0 Å². The predicted octanol–water partition coefficient (Wildman–Crippen LogP) is 2.31. The summed E-state index contributed by atoms with van der Waals surface area (Å²) in [7, 11) is 0. The molecule has 1 saturated carbocycles. The van der Waals surface area contributed by atoms with Crippen LogP contribution in [0.25, 0.3) is 0 Å². The zero-order valence-electron chi connectivity index (χ0n) is 12.5. The molecular formula is C15H24N2O3S. The fraction of sp³-hybridized carbons (Fsp3) is 0.867. The van der Waals surface area contributed by atoms with E-state index in [1.165, 1.54) is 25.7 Å². The van der Waals surface area contributed by atoms with Crippen LogP contribution in [0.15, 0.2) is 0 Å². The first-order valence-corrected chi connectivity index (χ1v) is 9.13. The molecule has 3 rings (SSSR count). The number of urea groups is 1. The number of carboxylic acid groups (broad SMARTS) is 1. The van der Waals surface area contributed by atoms with Crippen molar-refractivity contribution in [1.29, 1.82) is 0 Å². The highest BCUT2D eigenvalue weighted by molar-refractivity contribution is 8.00. The van der Waals surface area contributed by atoms with E-state index in [0.29, 0.717) is 13.0 Å². The molecule has 1 aliphatic carbocycles. The van der Waals surface area contributed by atoms with Gasteiger partial charge in [-0.3, -0.25) is 4.79 Å². The second-order valence-electron chi connectivity index (χ2n) is 6.64. The molecule has 0 aromatic rings. The summed E-state index contributed by atoms with van der Waals surface area (Å²) >= 11 is 1.86. The maximum absolute atomic E-state index is 12.5. The van der Waals surface area contributed by atoms with Crippen LogP contribution in [0.3, 0.4) is 0 Å². The summed E-state index contributed by atoms with van der Waals surface area (Å²) in [5.74, 6) is -1.12. The van der Waals surface area contributed by atoms with Crippen LogP contribution < -0.4 is 5.32 Å². The van der Waals surface area contributed by atoms with E-state index in [0.717, 1.165) is 12.8 Å². The minimum atomic E-state index is -0.753. The number of rotatable bonds is 4. The number of nitrogens with zero attached hydrogens (tertiary/aromatic N) is 1. The Morgan fingerprint density at radius 3 is 2.62 bits per heavy atom. The fourth-order valence-electron chi connectivity index (χ4n) is 4.37. The van der Waals surface area contributed by atoms with E-state index in [4.69, 9.17) is 0 Å². The van der Waals surface area contributed by atoms with Gasteiger partial charge < -0.3 is 15.3 Å². The lowest BCUT2D eigenvalue weighted by molar-refractivity contribution is -0.142. The summed E-state index contributed by atoms with van der Waals surface area (Å²) in [5.41, 5.74) is 0. The number of hydrogen-bond acceptors (Lipinski definition) is 3. The third-order valence-electron chi connectivity index (χ3n) is 5.60. The van der Waals surface area contributed by atoms with E-state index >= 15 is 0 Å². The van der Waals surface area contributed by atoms with E-state index < -0.39 is 5.97 Å². The predicted molar refractivity (Wildman–Crippen MR) is 82.5 cm³/mol. The van der Waals surface area contributed by atoms with Gasteiger partial charge in [0.2, 0.25) is 0 Å². The van der Waals surface area contributed by atoms with Crippen molar-refractivity contribution in [3.63, 3.8) is 0 Å². The summed E-state index contributed by atoms with van der Waals surface area (Å²) in [6.07, 6.45) is 9.36. The zero-order valence-corrected chi connectivity index (χ0v) is 13.3. The highest BCUT2D eigenvalue weighted by Gasteiger charge is 2.51. The number of fused-ring (bicyclic) bond motifs is 2. The first-order valence-electron chi connectivity index (χ1n) is 7.90. The van der Waals surface area contributed by atoms with Crippen LogP contribution in [0.5, 0.6) is 0 Å². The molecule has 3 fully saturated rings. The van der Waals surface area contributed by atoms with Crippen molar-refractivity contribution in [2.45, 2.75) is 61.8 Å². The van der Waals surface area contributed by atoms with Gasteiger partial charge in [0.1, 0.15) is 0 Å². The lowest BCUT2D eigenvalue weighted by Gasteiger charge is -2.30. The van der Waals surface area contributed by atoms with E-state index in [-0.39, 0.29) is 28.8 Å². The molecule has 2 heterocycles. The van der Waals surface area contributed by atoms with Gasteiger partial charge in [-0.15, -0.1) is 0 Å². The molecule has 2 N–H and O–H groups in total. The molecule has 0 aromatic heterocycles. The van der Waals surface area contributed by atoms with E-state index in [1.807, 2.05) is 16.7 Å². The van der Waals surface area contributed by atoms with E-state index in [1.54, 1.807) is 0 Å². The Labute approximate surface area is 129 Å². The molecule has 3 unspecified atom stereocenters. The first-order chi connectivity index (χ1) is 10.1. The second kappa shape index (κ2) is 5.71. The number of nitrogens with one attached hydrogen (secondary N) is 1. The molecule has 3 atom stereocenters. The quantitative estimate of drug-likeness (QED) is 0.836. The van der Waals surface area contributed by atoms with E-state index in [9.17, 15) is 14.7 Å². The van der Waals surface area contributed by atoms with Gasteiger partial charge in [0.25, 0.3) is 0 Å². The molecular weight excluding hydrogens is 288 g/mol. The summed E-state index contributed by atoms with van der Waals surface area (Å²) in [5, 5.41) is 12.3. The summed E-state index contributed by atoms with van der Waals surface area (Å²) in [6.45, 7) is 0.709. The number of thioether (sulfide) groups is 1. The second-order valence-corrected chi connectivity index (χ2v) is 7.91. The minimum absolute atomic E-state index is 0.0495. The van der Waals surface area contributed by atoms with Crippen LogP contribution in [-0.2, 0) is 4.79 Å². The van der Waals surface area contributed by atoms with Gasteiger partial charge in [-0.25, -0.2) is 4.79 Å². The van der Waals surface area contributed by atoms with Gasteiger partial charge in [0.15, 0.2) is 0 Å². The van der Waals surface area contributed by atoms with Crippen molar-refractivity contribution in [3.05, 3.63) is 0 Å². The summed E-state index contributed by atoms with van der Waals surface area (Å²) in [4.78, 5) is 25.6. The Hall–Kier alpha value is -0.910. The van der Waals surface area contributed by atoms with Crippen LogP contribution >= 0.6 is 11.8 Å². The molecule has 5 nitrogen and oxygen atoms in total. The highest BCUT2D eigenvalue weighted by atomic mass is 32.2. The molecule has 2 saturated heterocycles. The van der Waals surface area contributed by atoms with Gasteiger partial charge in [-0.05, 0) is 38.4 Å². The largest absolute Gasteiger partial charge is 0.481 e. The molecule has 21 heavy (non-hydrogen) atoms. The standard InChI is InChI=1S/C15H24N2O3S/c1-21-15(6-2-3-7-15)9-16-14(20)17-10-4-5-12(17)11(8-10)13(18)19/h10-12H,2-9H2,1H3,(H,16,20)(H,18,19). The van der Waals surface area contributed by atoms with Crippen LogP contribution in [0.4, 0.5) is 4.79 Å². The Kier molecular flexibility index (Phi) is 4.08. The first kappa shape index (κ1) is 15.0. The maximum atomic E-state index is 12.5. The smallest absolute Gasteiger partial charge is 0.317 e. The third-order valence-corrected chi connectivity index (χ3v) is 7.02. The molecule has 2 bridgehead atoms. The topological polar surface area (TPSA) is 69.6 Å². The number of amides is 2. The normalized spacial score (nSPS) is 33.4. The molecule has 6 heteroatoms. The summed E-state index contributed by atoms with van der Waals surface area (Å²) < 4.78 is 0.195. The number of carbonyl (C=O) groups excluding carboxylic acids is 1. The number of hydrogen-bond donors (Lipinski definition) is 2. The van der Waals surface area contributed by atoms with Crippen molar-refractivity contribution in [2.24, 2.45) is 5.92 Å². The Bertz CT molecular complexity index is 437. The van der Waals surface area contributed by atoms with Gasteiger partial charge in [0.05, 0.1) is 5.92 Å². The minimum Gasteiger partial charge on any atom is -0.481 e. The summed E-state index contributed by atoms with van der Waals surface area (Å²) in [6, 6.07) is -0.0159. The Morgan fingerprint density at radius 1 is 1.33 bits per heavy atom. The van der Waals surface area contributed by atoms with Gasteiger partial charge in [0, 0.05) is 23.4 Å². The average Bonchev–Trinajstić information content (AvgIpc) is 3.19. The third kappa shape index (κ3) is 2.62. The number of aliphatic carboxylic acids is 1. The Balaban J connectivity index is 1.60. The fourth-order valence-corrected chi connectivity index (χ4v) is 5.28. The molecule has 118 valence electrons. The maximum Gasteiger partial charge on any atom is 0.317 e. The van der Waals surface area contributed by atoms with Crippen LogP contribution in [0.1, 0.15) is 44.9 Å². The van der Waals surface area contributed by atoms with Crippen molar-refractivity contribution < 1.29 is 14.7 Å². The molecule has 2 amide bonds. The molecule has 0 spiro atoms. The number of carbonyl (C=O) groups is 2. The van der Waals surface area contributed by atoms with Crippen molar-refractivity contribution in [3.8, 4) is 0 Å². The molecule has 2 aliphatic heterocycles. The van der Waals surface area contributed by atoms with Crippen LogP contribution in [-0.4, -0.2) is 51.6 Å². The van der Waals surface area contributed by atoms with E-state index in [2.05, 4.69) is 11.6 Å². The van der Waals surface area contributed by atoms with Gasteiger partial charge in [-0.1, -0.05) is 12.8 Å². The molecule has 3 aliphatic rings. The van der Waals surface area contributed by atoms with Crippen molar-refractivity contribution in [2.75, 3.05) is 12.8 Å². The lowest BCUT2D eigenvalue weighted by atomic mass is 9.89. The number of carboxylic acids is 1. The van der Waals surface area contributed by atoms with Crippen LogP contribution in [0.2, 0.25) is 0 Å². The average molecular weight is 312 g/mol. The molecule has 0 aromatic carbocycles. The zero-order chi connectivity index (χ0) is 15.0. The highest BCUT2D eigenvalue weighted by Crippen LogP contribution is 2.42. The van der Waals surface area contributed by atoms with Gasteiger partial charge in [-0.2, -0.15) is 11.8 Å².